The standard InChI is InChI=1S/C8H19N.C6H12/c1-3-5-6-7-8(9)4-2;1-2-4-6-5-3-1/h8H,3-7,9H2,1-2H3;1-6H2. The third-order valence-corrected chi connectivity index (χ3v) is 3.20. The lowest BCUT2D eigenvalue weighted by molar-refractivity contribution is 0.504. The van der Waals surface area contributed by atoms with E-state index < -0.39 is 0 Å². The first-order valence-corrected chi connectivity index (χ1v) is 7.06. The fourth-order valence-electron chi connectivity index (χ4n) is 1.92. The molecule has 1 atom stereocenters. The molecule has 2 N–H and O–H groups in total. The minimum Gasteiger partial charge on any atom is -0.328 e. The molecular formula is C14H31N. The molecule has 1 fully saturated rings. The van der Waals surface area contributed by atoms with Gasteiger partial charge in [0.15, 0.2) is 0 Å². The molecule has 1 nitrogen and oxygen atoms in total. The molecule has 1 rings (SSSR count). The molecular weight excluding hydrogens is 182 g/mol. The second kappa shape index (κ2) is 12.0. The molecule has 0 spiro atoms. The summed E-state index contributed by atoms with van der Waals surface area (Å²) >= 11 is 0. The van der Waals surface area contributed by atoms with Crippen LogP contribution < -0.4 is 5.73 Å². The lowest BCUT2D eigenvalue weighted by atomic mass is 10.0. The van der Waals surface area contributed by atoms with Crippen LogP contribution in [0.1, 0.15) is 84.5 Å². The predicted octanol–water partition coefficient (Wildman–Crippen LogP) is 4.64. The Balaban J connectivity index is 0.000000280. The third kappa shape index (κ3) is 11.9. The minimum absolute atomic E-state index is 0.455. The summed E-state index contributed by atoms with van der Waals surface area (Å²) in [4.78, 5) is 0. The topological polar surface area (TPSA) is 26.0 Å². The van der Waals surface area contributed by atoms with Gasteiger partial charge in [0.25, 0.3) is 0 Å². The molecule has 0 aliphatic heterocycles. The first kappa shape index (κ1) is 15.0. The van der Waals surface area contributed by atoms with E-state index in [9.17, 15) is 0 Å². The van der Waals surface area contributed by atoms with Gasteiger partial charge in [-0.15, -0.1) is 0 Å². The Bertz CT molecular complexity index is 96.4. The first-order valence-electron chi connectivity index (χ1n) is 7.06. The molecule has 0 aromatic carbocycles. The Hall–Kier alpha value is -0.0400. The van der Waals surface area contributed by atoms with E-state index in [1.807, 2.05) is 0 Å². The van der Waals surface area contributed by atoms with Gasteiger partial charge in [0.1, 0.15) is 0 Å². The van der Waals surface area contributed by atoms with Crippen LogP contribution >= 0.6 is 0 Å². The Kier molecular flexibility index (Phi) is 12.0. The molecule has 1 saturated carbocycles. The molecule has 1 aliphatic carbocycles. The van der Waals surface area contributed by atoms with E-state index in [1.54, 1.807) is 0 Å². The Morgan fingerprint density at radius 2 is 1.33 bits per heavy atom. The van der Waals surface area contributed by atoms with Crippen LogP contribution in [0.3, 0.4) is 0 Å². The molecule has 92 valence electrons. The molecule has 1 heteroatoms. The number of hydrogen-bond donors (Lipinski definition) is 1. The van der Waals surface area contributed by atoms with Gasteiger partial charge in [0.05, 0.1) is 0 Å². The van der Waals surface area contributed by atoms with Crippen LogP contribution in [0.4, 0.5) is 0 Å². The van der Waals surface area contributed by atoms with Crippen LogP contribution in [0.15, 0.2) is 0 Å². The zero-order valence-corrected chi connectivity index (χ0v) is 10.9. The molecule has 0 bridgehead atoms. The van der Waals surface area contributed by atoms with Crippen LogP contribution in [0.2, 0.25) is 0 Å². The number of unbranched alkanes of at least 4 members (excludes halogenated alkanes) is 2. The quantitative estimate of drug-likeness (QED) is 0.661. The highest BCUT2D eigenvalue weighted by Gasteiger charge is 1.96. The fourth-order valence-corrected chi connectivity index (χ4v) is 1.92. The molecule has 0 amide bonds. The van der Waals surface area contributed by atoms with Gasteiger partial charge in [-0.3, -0.25) is 0 Å². The number of rotatable bonds is 5. The average Bonchev–Trinajstić information content (AvgIpc) is 2.32. The summed E-state index contributed by atoms with van der Waals surface area (Å²) in [6.45, 7) is 4.37. The highest BCUT2D eigenvalue weighted by atomic mass is 14.6. The van der Waals surface area contributed by atoms with E-state index >= 15 is 0 Å². The highest BCUT2D eigenvalue weighted by Crippen LogP contribution is 2.15. The van der Waals surface area contributed by atoms with Crippen molar-refractivity contribution in [3.63, 3.8) is 0 Å². The van der Waals surface area contributed by atoms with Crippen LogP contribution in [0.25, 0.3) is 0 Å². The molecule has 0 heterocycles. The molecule has 0 aromatic rings. The maximum atomic E-state index is 5.71. The van der Waals surface area contributed by atoms with Gasteiger partial charge in [-0.25, -0.2) is 0 Å². The summed E-state index contributed by atoms with van der Waals surface area (Å²) in [5.41, 5.74) is 5.71. The Labute approximate surface area is 96.8 Å². The SMILES string of the molecule is C1CCCCC1.CCCCCC(N)CC. The van der Waals surface area contributed by atoms with Crippen molar-refractivity contribution in [2.24, 2.45) is 5.73 Å². The zero-order valence-electron chi connectivity index (χ0n) is 10.9. The Morgan fingerprint density at radius 1 is 0.867 bits per heavy atom. The van der Waals surface area contributed by atoms with Crippen LogP contribution in [0.5, 0.6) is 0 Å². The molecule has 15 heavy (non-hydrogen) atoms. The molecule has 1 unspecified atom stereocenters. The van der Waals surface area contributed by atoms with E-state index in [2.05, 4.69) is 13.8 Å². The second-order valence-corrected chi connectivity index (χ2v) is 4.79. The predicted molar refractivity (Wildman–Crippen MR) is 70.1 cm³/mol. The van der Waals surface area contributed by atoms with Crippen LogP contribution in [-0.2, 0) is 0 Å². The molecule has 0 aromatic heterocycles. The van der Waals surface area contributed by atoms with E-state index in [4.69, 9.17) is 5.73 Å². The normalized spacial score (nSPS) is 17.8. The van der Waals surface area contributed by atoms with Crippen molar-refractivity contribution >= 4 is 0 Å². The highest BCUT2D eigenvalue weighted by molar-refractivity contribution is 4.57. The van der Waals surface area contributed by atoms with Gasteiger partial charge in [-0.05, 0) is 12.8 Å². The summed E-state index contributed by atoms with van der Waals surface area (Å²) in [5.74, 6) is 0. The minimum atomic E-state index is 0.455. The summed E-state index contributed by atoms with van der Waals surface area (Å²) in [5, 5.41) is 0. The van der Waals surface area contributed by atoms with Crippen molar-refractivity contribution in [3.8, 4) is 0 Å². The summed E-state index contributed by atoms with van der Waals surface area (Å²) < 4.78 is 0. The van der Waals surface area contributed by atoms with Gasteiger partial charge in [-0.2, -0.15) is 0 Å². The molecule has 1 aliphatic rings. The van der Waals surface area contributed by atoms with Crippen molar-refractivity contribution in [1.29, 1.82) is 0 Å². The van der Waals surface area contributed by atoms with E-state index in [0.717, 1.165) is 6.42 Å². The Morgan fingerprint density at radius 3 is 1.67 bits per heavy atom. The van der Waals surface area contributed by atoms with Crippen LogP contribution in [-0.4, -0.2) is 6.04 Å². The summed E-state index contributed by atoms with van der Waals surface area (Å²) in [6.07, 6.45) is 15.3. The van der Waals surface area contributed by atoms with E-state index in [1.165, 1.54) is 64.2 Å². The van der Waals surface area contributed by atoms with Gasteiger partial charge < -0.3 is 5.73 Å². The van der Waals surface area contributed by atoms with Gasteiger partial charge in [0.2, 0.25) is 0 Å². The van der Waals surface area contributed by atoms with Gasteiger partial charge >= 0.3 is 0 Å². The smallest absolute Gasteiger partial charge is 0.00362 e. The fraction of sp³-hybridized carbons (Fsp3) is 1.00. The maximum Gasteiger partial charge on any atom is 0.00362 e. The first-order chi connectivity index (χ1) is 7.31. The lowest BCUT2D eigenvalue weighted by Crippen LogP contribution is -2.17. The largest absolute Gasteiger partial charge is 0.328 e. The van der Waals surface area contributed by atoms with Crippen molar-refractivity contribution in [3.05, 3.63) is 0 Å². The third-order valence-electron chi connectivity index (χ3n) is 3.20. The molecule has 0 radical (unpaired) electrons. The zero-order chi connectivity index (χ0) is 11.4. The van der Waals surface area contributed by atoms with Crippen molar-refractivity contribution < 1.29 is 0 Å². The monoisotopic (exact) mass is 213 g/mol. The van der Waals surface area contributed by atoms with Gasteiger partial charge in [0, 0.05) is 6.04 Å². The average molecular weight is 213 g/mol. The number of hydrogen-bond acceptors (Lipinski definition) is 1. The second-order valence-electron chi connectivity index (χ2n) is 4.79. The van der Waals surface area contributed by atoms with Gasteiger partial charge in [-0.1, -0.05) is 71.6 Å². The molecule has 0 saturated heterocycles. The van der Waals surface area contributed by atoms with Crippen LogP contribution in [0, 0.1) is 0 Å². The van der Waals surface area contributed by atoms with Crippen molar-refractivity contribution in [2.75, 3.05) is 0 Å². The summed E-state index contributed by atoms with van der Waals surface area (Å²) in [6, 6.07) is 0.455. The number of nitrogens with two attached hydrogens (primary N) is 1. The van der Waals surface area contributed by atoms with E-state index in [0.29, 0.717) is 6.04 Å². The van der Waals surface area contributed by atoms with E-state index in [-0.39, 0.29) is 0 Å². The van der Waals surface area contributed by atoms with Crippen molar-refractivity contribution in [2.45, 2.75) is 90.5 Å². The summed E-state index contributed by atoms with van der Waals surface area (Å²) in [7, 11) is 0. The lowest BCUT2D eigenvalue weighted by Gasteiger charge is -2.05. The van der Waals surface area contributed by atoms with Crippen molar-refractivity contribution in [1.82, 2.24) is 0 Å². The maximum absolute atomic E-state index is 5.71.